The summed E-state index contributed by atoms with van der Waals surface area (Å²) in [5.74, 6) is 0.562. The smallest absolute Gasteiger partial charge is 0.393 e. The van der Waals surface area contributed by atoms with Crippen LogP contribution in [0.25, 0.3) is 22.0 Å². The van der Waals surface area contributed by atoms with Crippen LogP contribution in [0, 0.1) is 6.92 Å². The molecule has 1 saturated heterocycles. The van der Waals surface area contributed by atoms with Crippen molar-refractivity contribution in [1.82, 2.24) is 20.3 Å². The number of fused-ring (bicyclic) bond motifs is 1. The lowest BCUT2D eigenvalue weighted by molar-refractivity contribution is -0.129. The zero-order chi connectivity index (χ0) is 29.0. The molecule has 4 aromatic rings. The molecule has 0 spiro atoms. The first-order valence-corrected chi connectivity index (χ1v) is 14.3. The molecule has 216 valence electrons. The van der Waals surface area contributed by atoms with Crippen molar-refractivity contribution < 1.29 is 26.9 Å². The third kappa shape index (κ3) is 7.34. The number of halogens is 4. The molecule has 0 amide bonds. The summed E-state index contributed by atoms with van der Waals surface area (Å²) in [6.45, 7) is 2.72. The van der Waals surface area contributed by atoms with Gasteiger partial charge in [-0.05, 0) is 36.8 Å². The summed E-state index contributed by atoms with van der Waals surface area (Å²) >= 11 is -1.93. The Labute approximate surface area is 237 Å². The molecule has 0 saturated carbocycles. The van der Waals surface area contributed by atoms with Crippen molar-refractivity contribution in [3.8, 4) is 22.9 Å². The minimum Gasteiger partial charge on any atom is -0.593 e. The number of ether oxygens (including phenoxy) is 1. The van der Waals surface area contributed by atoms with E-state index in [9.17, 15) is 22.1 Å². The molecule has 3 N–H and O–H groups in total. The van der Waals surface area contributed by atoms with Crippen LogP contribution in [0.1, 0.15) is 18.4 Å². The Morgan fingerprint density at radius 3 is 2.66 bits per heavy atom. The number of aryl methyl sites for hydroxylation is 1. The van der Waals surface area contributed by atoms with Crippen LogP contribution < -0.4 is 20.1 Å². The number of benzene rings is 2. The van der Waals surface area contributed by atoms with E-state index < -0.39 is 35.9 Å². The van der Waals surface area contributed by atoms with Gasteiger partial charge in [0.1, 0.15) is 17.7 Å². The van der Waals surface area contributed by atoms with E-state index in [0.717, 1.165) is 0 Å². The van der Waals surface area contributed by atoms with Gasteiger partial charge in [-0.15, -0.1) is 0 Å². The van der Waals surface area contributed by atoms with E-state index in [-0.39, 0.29) is 11.9 Å². The zero-order valence-corrected chi connectivity index (χ0v) is 22.9. The first kappa shape index (κ1) is 28.8. The van der Waals surface area contributed by atoms with Crippen LogP contribution in [-0.2, 0) is 11.4 Å². The van der Waals surface area contributed by atoms with Gasteiger partial charge in [-0.25, -0.2) is 24.1 Å². The summed E-state index contributed by atoms with van der Waals surface area (Å²) in [6.07, 6.45) is -2.94. The fourth-order valence-electron chi connectivity index (χ4n) is 4.61. The van der Waals surface area contributed by atoms with Crippen LogP contribution >= 0.6 is 0 Å². The Balaban J connectivity index is 1.42. The molecule has 0 bridgehead atoms. The van der Waals surface area contributed by atoms with Crippen molar-refractivity contribution in [3.05, 3.63) is 66.5 Å². The Morgan fingerprint density at radius 1 is 1.07 bits per heavy atom. The van der Waals surface area contributed by atoms with Crippen LogP contribution in [0.5, 0.6) is 11.6 Å². The van der Waals surface area contributed by atoms with Gasteiger partial charge in [0, 0.05) is 48.7 Å². The highest BCUT2D eigenvalue weighted by Crippen LogP contribution is 2.40. The number of hydrogen-bond acceptors (Lipinski definition) is 8. The van der Waals surface area contributed by atoms with Gasteiger partial charge in [-0.2, -0.15) is 13.2 Å². The normalized spacial score (nSPS) is 18.2. The number of pyridine rings is 1. The molecule has 0 aliphatic carbocycles. The number of nitrogens with zero attached hydrogens (tertiary/aromatic N) is 3. The van der Waals surface area contributed by atoms with Crippen molar-refractivity contribution in [3.63, 3.8) is 0 Å². The lowest BCUT2D eigenvalue weighted by Gasteiger charge is -2.26. The monoisotopic (exact) mass is 588 g/mol. The molecule has 5 rings (SSSR count). The van der Waals surface area contributed by atoms with Crippen molar-refractivity contribution in [1.29, 1.82) is 0 Å². The van der Waals surface area contributed by atoms with Crippen molar-refractivity contribution >= 4 is 33.8 Å². The summed E-state index contributed by atoms with van der Waals surface area (Å²) in [5, 5.41) is 7.52. The standard InChI is InChI=1S/C28H28F4N6O2S/c1-17-13-24(38-41(39)12-9-28(30,31)32)20-5-2-3-6-21(20)25(17)40-26-22(7-4-10-34-26)23-8-11-35-27(37-23)36-19-14-18(29)15-33-16-19/h2-8,10-11,13,18-19,33,38H,9,12,14-16H2,1H3,(H,35,36,37). The highest BCUT2D eigenvalue weighted by atomic mass is 32.2. The molecular formula is C28H28F4N6O2S. The van der Waals surface area contributed by atoms with Gasteiger partial charge in [0.2, 0.25) is 11.8 Å². The van der Waals surface area contributed by atoms with Crippen LogP contribution in [0.4, 0.5) is 29.2 Å². The summed E-state index contributed by atoms with van der Waals surface area (Å²) < 4.78 is 73.1. The summed E-state index contributed by atoms with van der Waals surface area (Å²) in [6, 6.07) is 14.0. The molecule has 41 heavy (non-hydrogen) atoms. The van der Waals surface area contributed by atoms with Crippen molar-refractivity contribution in [2.24, 2.45) is 0 Å². The summed E-state index contributed by atoms with van der Waals surface area (Å²) in [5.41, 5.74) is 2.24. The second-order valence-corrected chi connectivity index (χ2v) is 11.0. The van der Waals surface area contributed by atoms with Gasteiger partial charge in [0.25, 0.3) is 0 Å². The molecule has 13 heteroatoms. The number of nitrogens with one attached hydrogen (secondary N) is 3. The van der Waals surface area contributed by atoms with Gasteiger partial charge >= 0.3 is 6.18 Å². The van der Waals surface area contributed by atoms with E-state index in [2.05, 4.69) is 30.3 Å². The molecule has 1 aliphatic heterocycles. The highest BCUT2D eigenvalue weighted by molar-refractivity contribution is 7.92. The molecule has 2 aromatic heterocycles. The van der Waals surface area contributed by atoms with E-state index >= 15 is 0 Å². The molecule has 3 heterocycles. The average Bonchev–Trinajstić information content (AvgIpc) is 2.94. The summed E-state index contributed by atoms with van der Waals surface area (Å²) in [4.78, 5) is 13.3. The minimum absolute atomic E-state index is 0.150. The molecule has 1 aliphatic rings. The molecule has 1 fully saturated rings. The van der Waals surface area contributed by atoms with Gasteiger partial charge in [-0.3, -0.25) is 0 Å². The van der Waals surface area contributed by atoms with E-state index in [1.165, 1.54) is 0 Å². The largest absolute Gasteiger partial charge is 0.593 e. The van der Waals surface area contributed by atoms with Gasteiger partial charge < -0.3 is 19.9 Å². The van der Waals surface area contributed by atoms with E-state index in [1.807, 2.05) is 18.2 Å². The second kappa shape index (κ2) is 12.5. The highest BCUT2D eigenvalue weighted by Gasteiger charge is 2.30. The van der Waals surface area contributed by atoms with Crippen molar-refractivity contribution in [2.75, 3.05) is 28.9 Å². The van der Waals surface area contributed by atoms with Gasteiger partial charge in [0.05, 0.1) is 34.7 Å². The molecule has 3 atom stereocenters. The molecule has 3 unspecified atom stereocenters. The van der Waals surface area contributed by atoms with E-state index in [0.29, 0.717) is 64.5 Å². The lowest BCUT2D eigenvalue weighted by Crippen LogP contribution is -2.44. The fraction of sp³-hybridized carbons (Fsp3) is 0.321. The lowest BCUT2D eigenvalue weighted by atomic mass is 10.0. The molecule has 2 aromatic carbocycles. The van der Waals surface area contributed by atoms with Crippen molar-refractivity contribution in [2.45, 2.75) is 38.2 Å². The fourth-order valence-corrected chi connectivity index (χ4v) is 5.55. The predicted molar refractivity (Wildman–Crippen MR) is 151 cm³/mol. The number of alkyl halides is 4. The summed E-state index contributed by atoms with van der Waals surface area (Å²) in [7, 11) is 0. The molecular weight excluding hydrogens is 560 g/mol. The minimum atomic E-state index is -4.39. The van der Waals surface area contributed by atoms with Crippen LogP contribution in [0.15, 0.2) is 60.9 Å². The number of piperidine rings is 1. The second-order valence-electron chi connectivity index (χ2n) is 9.69. The van der Waals surface area contributed by atoms with Gasteiger partial charge in [0.15, 0.2) is 0 Å². The Morgan fingerprint density at radius 2 is 1.88 bits per heavy atom. The maximum absolute atomic E-state index is 13.8. The number of aromatic nitrogens is 3. The Kier molecular flexibility index (Phi) is 8.76. The van der Waals surface area contributed by atoms with Crippen LogP contribution in [0.2, 0.25) is 0 Å². The zero-order valence-electron chi connectivity index (χ0n) is 22.0. The van der Waals surface area contributed by atoms with E-state index in [4.69, 9.17) is 4.74 Å². The third-order valence-corrected chi connectivity index (χ3v) is 7.53. The molecule has 8 nitrogen and oxygen atoms in total. The maximum Gasteiger partial charge on any atom is 0.393 e. The van der Waals surface area contributed by atoms with Crippen LogP contribution in [-0.4, -0.2) is 56.7 Å². The quantitative estimate of drug-likeness (QED) is 0.163. The Bertz CT molecular complexity index is 1510. The average molecular weight is 589 g/mol. The van der Waals surface area contributed by atoms with Gasteiger partial charge in [-0.1, -0.05) is 24.3 Å². The third-order valence-electron chi connectivity index (χ3n) is 6.51. The van der Waals surface area contributed by atoms with E-state index in [1.54, 1.807) is 49.6 Å². The first-order chi connectivity index (χ1) is 19.7. The number of hydrogen-bond donors (Lipinski definition) is 3. The molecule has 0 radical (unpaired) electrons. The predicted octanol–water partition coefficient (Wildman–Crippen LogP) is 5.93. The topological polar surface area (TPSA) is 107 Å². The first-order valence-electron chi connectivity index (χ1n) is 13.0. The number of rotatable bonds is 9. The SMILES string of the molecule is Cc1cc(N[S+]([O-])CCC(F)(F)F)c2ccccc2c1Oc1ncccc1-c1ccnc(NC2CNCC(F)C2)n1. The Hall–Kier alpha value is -3.68. The number of anilines is 2. The van der Waals surface area contributed by atoms with Crippen LogP contribution in [0.3, 0.4) is 0 Å². The maximum atomic E-state index is 13.8.